The first-order chi connectivity index (χ1) is 16.7. The van der Waals surface area contributed by atoms with Crippen molar-refractivity contribution >= 4 is 38.1 Å². The number of sulfonamides is 1. The van der Waals surface area contributed by atoms with Crippen molar-refractivity contribution in [3.05, 3.63) is 84.4 Å². The Kier molecular flexibility index (Phi) is 6.77. The van der Waals surface area contributed by atoms with Gasteiger partial charge in [-0.15, -0.1) is 0 Å². The molecule has 180 valence electrons. The van der Waals surface area contributed by atoms with Gasteiger partial charge < -0.3 is 10.6 Å². The molecule has 3 aromatic carbocycles. The minimum atomic E-state index is -4.05. The summed E-state index contributed by atoms with van der Waals surface area (Å²) >= 11 is 0. The van der Waals surface area contributed by atoms with Gasteiger partial charge in [0.15, 0.2) is 5.82 Å². The van der Waals surface area contributed by atoms with Crippen LogP contribution >= 0.6 is 0 Å². The van der Waals surface area contributed by atoms with Gasteiger partial charge in [0.25, 0.3) is 0 Å². The molecule has 4 aromatic rings. The van der Waals surface area contributed by atoms with E-state index >= 15 is 0 Å². The number of halogens is 2. The van der Waals surface area contributed by atoms with Crippen LogP contribution in [0.5, 0.6) is 0 Å². The topological polar surface area (TPSA) is 110 Å². The maximum absolute atomic E-state index is 14.6. The lowest BCUT2D eigenvalue weighted by molar-refractivity contribution is 0.584. The van der Waals surface area contributed by atoms with E-state index in [1.54, 1.807) is 42.5 Å². The summed E-state index contributed by atoms with van der Waals surface area (Å²) in [6.45, 7) is 6.38. The van der Waals surface area contributed by atoms with Gasteiger partial charge in [0, 0.05) is 34.8 Å². The van der Waals surface area contributed by atoms with Gasteiger partial charge >= 0.3 is 0 Å². The number of nitrogens with two attached hydrogens (primary N) is 1. The summed E-state index contributed by atoms with van der Waals surface area (Å²) in [5, 5.41) is 12.0. The molecule has 4 rings (SSSR count). The molecule has 0 bridgehead atoms. The van der Waals surface area contributed by atoms with Crippen molar-refractivity contribution in [2.45, 2.75) is 18.2 Å². The molecule has 7 nitrogen and oxygen atoms in total. The Hall–Kier alpha value is -3.89. The second-order valence-corrected chi connectivity index (χ2v) is 9.32. The number of anilines is 2. The minimum Gasteiger partial charge on any atom is -0.382 e. The highest BCUT2D eigenvalue weighted by atomic mass is 32.2. The predicted octanol–water partition coefficient (Wildman–Crippen LogP) is 5.13. The number of fused-ring (bicyclic) bond motifs is 1. The summed E-state index contributed by atoms with van der Waals surface area (Å²) in [5.41, 5.74) is 1.24. The molecule has 0 aliphatic rings. The van der Waals surface area contributed by atoms with E-state index in [9.17, 15) is 17.2 Å². The number of nitrogens with one attached hydrogen (secondary N) is 2. The normalized spacial score (nSPS) is 11.4. The predicted molar refractivity (Wildman–Crippen MR) is 134 cm³/mol. The average molecular weight is 496 g/mol. The molecule has 0 aliphatic carbocycles. The lowest BCUT2D eigenvalue weighted by Crippen LogP contribution is -2.14. The van der Waals surface area contributed by atoms with E-state index < -0.39 is 21.7 Å². The summed E-state index contributed by atoms with van der Waals surface area (Å²) in [4.78, 5) is 8.92. The Balaban J connectivity index is 1.84. The van der Waals surface area contributed by atoms with Gasteiger partial charge in [-0.2, -0.15) is 0 Å². The van der Waals surface area contributed by atoms with Gasteiger partial charge in [0.2, 0.25) is 10.0 Å². The van der Waals surface area contributed by atoms with Crippen LogP contribution in [0.3, 0.4) is 0 Å². The van der Waals surface area contributed by atoms with Gasteiger partial charge in [-0.3, -0.25) is 0 Å². The van der Waals surface area contributed by atoms with Gasteiger partial charge in [0.05, 0.1) is 16.1 Å². The molecule has 1 aromatic heterocycles. The van der Waals surface area contributed by atoms with E-state index in [0.717, 1.165) is 12.5 Å². The van der Waals surface area contributed by atoms with Gasteiger partial charge in [-0.1, -0.05) is 37.8 Å². The molecule has 0 radical (unpaired) electrons. The van der Waals surface area contributed by atoms with E-state index in [1.165, 1.54) is 12.1 Å². The lowest BCUT2D eigenvalue weighted by Gasteiger charge is -2.17. The molecule has 0 atom stereocenters. The molecular weight excluding hydrogens is 472 g/mol. The Morgan fingerprint density at radius 2 is 1.77 bits per heavy atom. The fourth-order valence-corrected chi connectivity index (χ4v) is 4.38. The van der Waals surface area contributed by atoms with Gasteiger partial charge in [-0.05, 0) is 36.8 Å². The molecule has 4 N–H and O–H groups in total. The van der Waals surface area contributed by atoms with Crippen LogP contribution in [0.2, 0.25) is 0 Å². The number of hydrogen-bond donors (Lipinski definition) is 3. The fraction of sp³-hybridized carbons (Fsp3) is 0.120. The molecule has 0 aliphatic heterocycles. The van der Waals surface area contributed by atoms with Gasteiger partial charge in [0.1, 0.15) is 17.5 Å². The van der Waals surface area contributed by atoms with Crippen molar-refractivity contribution in [2.75, 3.05) is 17.2 Å². The van der Waals surface area contributed by atoms with Crippen molar-refractivity contribution in [2.24, 2.45) is 5.14 Å². The van der Waals surface area contributed by atoms with Crippen molar-refractivity contribution < 1.29 is 17.2 Å². The monoisotopic (exact) mass is 495 g/mol. The maximum atomic E-state index is 14.6. The molecule has 0 saturated heterocycles. The van der Waals surface area contributed by atoms with Crippen molar-refractivity contribution in [3.8, 4) is 11.4 Å². The van der Waals surface area contributed by atoms with Crippen LogP contribution in [-0.4, -0.2) is 24.9 Å². The number of hydrogen-bond acceptors (Lipinski definition) is 6. The first kappa shape index (κ1) is 24.2. The minimum absolute atomic E-state index is 0.110. The first-order valence-corrected chi connectivity index (χ1v) is 12.3. The molecule has 0 saturated carbocycles. The highest BCUT2D eigenvalue weighted by Gasteiger charge is 2.20. The molecule has 0 spiro atoms. The maximum Gasteiger partial charge on any atom is 0.238 e. The number of aromatic nitrogens is 2. The van der Waals surface area contributed by atoms with E-state index in [1.807, 2.05) is 6.92 Å². The molecule has 1 heterocycles. The third kappa shape index (κ3) is 5.13. The SMILES string of the molecule is C=C(Nc1nc(-c2ccccc2S(N)(=O)=O)nc2ccccc12)c1cc(F)cc(F)c1NCCC. The third-order valence-corrected chi connectivity index (χ3v) is 6.21. The number of nitrogens with zero attached hydrogens (tertiary/aromatic N) is 2. The van der Waals surface area contributed by atoms with E-state index in [2.05, 4.69) is 27.2 Å². The Morgan fingerprint density at radius 1 is 1.06 bits per heavy atom. The molecule has 0 fully saturated rings. The highest BCUT2D eigenvalue weighted by molar-refractivity contribution is 7.89. The number of rotatable bonds is 8. The van der Waals surface area contributed by atoms with Crippen LogP contribution in [0, 0.1) is 11.6 Å². The largest absolute Gasteiger partial charge is 0.382 e. The highest BCUT2D eigenvalue weighted by Crippen LogP contribution is 2.32. The summed E-state index contributed by atoms with van der Waals surface area (Å²) < 4.78 is 52.9. The Morgan fingerprint density at radius 3 is 2.51 bits per heavy atom. The van der Waals surface area contributed by atoms with Gasteiger partial charge in [-0.25, -0.2) is 32.3 Å². The standard InChI is InChI=1S/C25H23F2N5O2S/c1-3-12-29-23-19(13-16(26)14-20(23)27)15(2)30-24-17-8-4-6-10-21(17)31-25(32-24)18-9-5-7-11-22(18)35(28,33)34/h4-11,13-14,29H,2-3,12H2,1H3,(H2,28,33,34)(H,30,31,32). The van der Waals surface area contributed by atoms with E-state index in [0.29, 0.717) is 17.4 Å². The van der Waals surface area contributed by atoms with Crippen molar-refractivity contribution in [1.29, 1.82) is 0 Å². The Labute approximate surface area is 201 Å². The fourth-order valence-electron chi connectivity index (χ4n) is 3.64. The van der Waals surface area contributed by atoms with Crippen molar-refractivity contribution in [3.63, 3.8) is 0 Å². The van der Waals surface area contributed by atoms with Crippen LogP contribution in [0.4, 0.5) is 20.3 Å². The van der Waals surface area contributed by atoms with Crippen LogP contribution in [-0.2, 0) is 10.0 Å². The zero-order valence-corrected chi connectivity index (χ0v) is 19.7. The van der Waals surface area contributed by atoms with E-state index in [-0.39, 0.29) is 39.0 Å². The smallest absolute Gasteiger partial charge is 0.238 e. The summed E-state index contributed by atoms with van der Waals surface area (Å²) in [6, 6.07) is 15.2. The zero-order valence-electron chi connectivity index (χ0n) is 18.8. The first-order valence-electron chi connectivity index (χ1n) is 10.8. The van der Waals surface area contributed by atoms with E-state index in [4.69, 9.17) is 5.14 Å². The van der Waals surface area contributed by atoms with Crippen LogP contribution < -0.4 is 15.8 Å². The summed E-state index contributed by atoms with van der Waals surface area (Å²) in [6.07, 6.45) is 0.736. The molecule has 10 heteroatoms. The second-order valence-electron chi connectivity index (χ2n) is 7.79. The molecular formula is C25H23F2N5O2S. The number of benzene rings is 3. The van der Waals surface area contributed by atoms with Crippen molar-refractivity contribution in [1.82, 2.24) is 9.97 Å². The average Bonchev–Trinajstić information content (AvgIpc) is 2.82. The van der Waals surface area contributed by atoms with Crippen LogP contribution in [0.25, 0.3) is 28.0 Å². The second kappa shape index (κ2) is 9.77. The molecule has 35 heavy (non-hydrogen) atoms. The van der Waals surface area contributed by atoms with Crippen LogP contribution in [0.1, 0.15) is 18.9 Å². The summed E-state index contributed by atoms with van der Waals surface area (Å²) in [7, 11) is -4.05. The third-order valence-electron chi connectivity index (χ3n) is 5.24. The lowest BCUT2D eigenvalue weighted by atomic mass is 10.1. The van der Waals surface area contributed by atoms with Crippen LogP contribution in [0.15, 0.2) is 72.1 Å². The summed E-state index contributed by atoms with van der Waals surface area (Å²) in [5.74, 6) is -1.10. The zero-order chi connectivity index (χ0) is 25.2. The number of primary sulfonamides is 1. The quantitative estimate of drug-likeness (QED) is 0.313. The number of para-hydroxylation sites is 1. The molecule has 0 unspecified atom stereocenters. The Bertz CT molecular complexity index is 1540. The molecule has 0 amide bonds.